The van der Waals surface area contributed by atoms with Gasteiger partial charge in [-0.1, -0.05) is 19.1 Å². The molecule has 21 heavy (non-hydrogen) atoms. The van der Waals surface area contributed by atoms with Crippen molar-refractivity contribution >= 4 is 15.7 Å². The molecule has 0 saturated carbocycles. The SMILES string of the molecule is CCCNS(=O)(=O)c1ccccc1N(CC)C1CCNC1. The van der Waals surface area contributed by atoms with Crippen molar-refractivity contribution in [2.45, 2.75) is 37.6 Å². The van der Waals surface area contributed by atoms with Crippen molar-refractivity contribution in [1.82, 2.24) is 10.0 Å². The van der Waals surface area contributed by atoms with E-state index in [0.29, 0.717) is 17.5 Å². The zero-order valence-electron chi connectivity index (χ0n) is 12.8. The van der Waals surface area contributed by atoms with Gasteiger partial charge in [0, 0.05) is 25.7 Å². The van der Waals surface area contributed by atoms with Crippen molar-refractivity contribution in [2.75, 3.05) is 31.1 Å². The molecule has 0 aromatic heterocycles. The number of hydrogen-bond acceptors (Lipinski definition) is 4. The number of sulfonamides is 1. The van der Waals surface area contributed by atoms with Crippen LogP contribution in [0.5, 0.6) is 0 Å². The molecule has 1 aromatic rings. The van der Waals surface area contributed by atoms with Crippen molar-refractivity contribution < 1.29 is 8.42 Å². The molecule has 0 spiro atoms. The summed E-state index contributed by atoms with van der Waals surface area (Å²) in [6.07, 6.45) is 1.83. The smallest absolute Gasteiger partial charge is 0.242 e. The molecule has 1 saturated heterocycles. The van der Waals surface area contributed by atoms with Crippen LogP contribution in [0.3, 0.4) is 0 Å². The van der Waals surface area contributed by atoms with Crippen molar-refractivity contribution in [2.24, 2.45) is 0 Å². The number of nitrogens with one attached hydrogen (secondary N) is 2. The van der Waals surface area contributed by atoms with Crippen LogP contribution in [0.15, 0.2) is 29.2 Å². The maximum Gasteiger partial charge on any atom is 0.242 e. The van der Waals surface area contributed by atoms with Crippen LogP contribution in [0.2, 0.25) is 0 Å². The van der Waals surface area contributed by atoms with E-state index in [2.05, 4.69) is 21.9 Å². The van der Waals surface area contributed by atoms with Crippen LogP contribution in [-0.2, 0) is 10.0 Å². The Morgan fingerprint density at radius 3 is 2.71 bits per heavy atom. The number of likely N-dealkylation sites (N-methyl/N-ethyl adjacent to an activating group) is 1. The molecule has 5 nitrogen and oxygen atoms in total. The molecule has 1 heterocycles. The first-order valence-corrected chi connectivity index (χ1v) is 9.14. The fraction of sp³-hybridized carbons (Fsp3) is 0.600. The summed E-state index contributed by atoms with van der Waals surface area (Å²) in [7, 11) is -3.45. The standard InChI is InChI=1S/C15H25N3O2S/c1-3-10-17-21(19,20)15-8-6-5-7-14(15)18(4-2)13-9-11-16-12-13/h5-8,13,16-17H,3-4,9-12H2,1-2H3. The second-order valence-electron chi connectivity index (χ2n) is 5.30. The van der Waals surface area contributed by atoms with E-state index in [0.717, 1.165) is 38.2 Å². The van der Waals surface area contributed by atoms with E-state index >= 15 is 0 Å². The molecule has 118 valence electrons. The Morgan fingerprint density at radius 2 is 2.10 bits per heavy atom. The number of anilines is 1. The predicted octanol–water partition coefficient (Wildman–Crippen LogP) is 1.56. The lowest BCUT2D eigenvalue weighted by atomic mass is 10.2. The first-order chi connectivity index (χ1) is 10.1. The van der Waals surface area contributed by atoms with Gasteiger partial charge in [0.2, 0.25) is 10.0 Å². The van der Waals surface area contributed by atoms with Gasteiger partial charge in [-0.25, -0.2) is 13.1 Å². The van der Waals surface area contributed by atoms with Crippen LogP contribution in [0.25, 0.3) is 0 Å². The van der Waals surface area contributed by atoms with Crippen LogP contribution in [0, 0.1) is 0 Å². The summed E-state index contributed by atoms with van der Waals surface area (Å²) in [6, 6.07) is 7.64. The average Bonchev–Trinajstić information content (AvgIpc) is 3.00. The van der Waals surface area contributed by atoms with Gasteiger partial charge in [0.05, 0.1) is 5.69 Å². The fourth-order valence-electron chi connectivity index (χ4n) is 2.77. The van der Waals surface area contributed by atoms with Gasteiger partial charge in [0.15, 0.2) is 0 Å². The summed E-state index contributed by atoms with van der Waals surface area (Å²) in [5.41, 5.74) is 0.803. The molecule has 0 bridgehead atoms. The molecule has 1 aliphatic heterocycles. The summed E-state index contributed by atoms with van der Waals surface area (Å²) in [4.78, 5) is 2.58. The maximum atomic E-state index is 12.5. The molecule has 1 aliphatic rings. The molecule has 0 aliphatic carbocycles. The highest BCUT2D eigenvalue weighted by molar-refractivity contribution is 7.89. The largest absolute Gasteiger partial charge is 0.366 e. The van der Waals surface area contributed by atoms with Crippen LogP contribution in [0.1, 0.15) is 26.7 Å². The molecule has 1 atom stereocenters. The summed E-state index contributed by atoms with van der Waals surface area (Å²) in [6.45, 7) is 7.19. The van der Waals surface area contributed by atoms with Crippen LogP contribution in [0.4, 0.5) is 5.69 Å². The van der Waals surface area contributed by atoms with E-state index in [1.807, 2.05) is 19.1 Å². The zero-order chi connectivity index (χ0) is 15.3. The molecule has 0 radical (unpaired) electrons. The lowest BCUT2D eigenvalue weighted by molar-refractivity contribution is 0.578. The van der Waals surface area contributed by atoms with E-state index in [1.54, 1.807) is 12.1 Å². The van der Waals surface area contributed by atoms with Crippen molar-refractivity contribution in [3.8, 4) is 0 Å². The Bertz CT molecular complexity index is 554. The van der Waals surface area contributed by atoms with E-state index in [4.69, 9.17) is 0 Å². The van der Waals surface area contributed by atoms with Gasteiger partial charge >= 0.3 is 0 Å². The Balaban J connectivity index is 2.35. The number of benzene rings is 1. The maximum absolute atomic E-state index is 12.5. The minimum atomic E-state index is -3.45. The highest BCUT2D eigenvalue weighted by atomic mass is 32.2. The minimum absolute atomic E-state index is 0.359. The van der Waals surface area contributed by atoms with Crippen molar-refractivity contribution in [1.29, 1.82) is 0 Å². The lowest BCUT2D eigenvalue weighted by Gasteiger charge is -2.31. The van der Waals surface area contributed by atoms with Crippen LogP contribution in [-0.4, -0.2) is 40.6 Å². The summed E-state index contributed by atoms with van der Waals surface area (Å²) in [5.74, 6) is 0. The molecular weight excluding hydrogens is 286 g/mol. The molecule has 2 N–H and O–H groups in total. The summed E-state index contributed by atoms with van der Waals surface area (Å²) < 4.78 is 27.7. The molecule has 1 unspecified atom stereocenters. The van der Waals surface area contributed by atoms with Gasteiger partial charge in [-0.3, -0.25) is 0 Å². The van der Waals surface area contributed by atoms with E-state index in [1.165, 1.54) is 0 Å². The lowest BCUT2D eigenvalue weighted by Crippen LogP contribution is -2.38. The van der Waals surface area contributed by atoms with Crippen LogP contribution < -0.4 is 14.9 Å². The third-order valence-corrected chi connectivity index (χ3v) is 5.33. The Morgan fingerprint density at radius 1 is 1.33 bits per heavy atom. The Hall–Kier alpha value is -1.11. The second kappa shape index (κ2) is 7.24. The normalized spacial score (nSPS) is 18.9. The first kappa shape index (κ1) is 16.3. The van der Waals surface area contributed by atoms with E-state index in [9.17, 15) is 8.42 Å². The molecular formula is C15H25N3O2S. The molecule has 6 heteroatoms. The quantitative estimate of drug-likeness (QED) is 0.802. The average molecular weight is 311 g/mol. The first-order valence-electron chi connectivity index (χ1n) is 7.66. The second-order valence-corrected chi connectivity index (χ2v) is 7.03. The molecule has 2 rings (SSSR count). The number of nitrogens with zero attached hydrogens (tertiary/aromatic N) is 1. The molecule has 1 fully saturated rings. The van der Waals surface area contributed by atoms with Gasteiger partial charge in [-0.15, -0.1) is 0 Å². The molecule has 1 aromatic carbocycles. The zero-order valence-corrected chi connectivity index (χ0v) is 13.6. The van der Waals surface area contributed by atoms with Gasteiger partial charge < -0.3 is 10.2 Å². The summed E-state index contributed by atoms with van der Waals surface area (Å²) in [5, 5.41) is 3.34. The third kappa shape index (κ3) is 3.75. The van der Waals surface area contributed by atoms with E-state index < -0.39 is 10.0 Å². The van der Waals surface area contributed by atoms with Crippen molar-refractivity contribution in [3.05, 3.63) is 24.3 Å². The van der Waals surface area contributed by atoms with E-state index in [-0.39, 0.29) is 0 Å². The van der Waals surface area contributed by atoms with Gasteiger partial charge in [-0.2, -0.15) is 0 Å². The van der Waals surface area contributed by atoms with Crippen LogP contribution >= 0.6 is 0 Å². The summed E-state index contributed by atoms with van der Waals surface area (Å²) >= 11 is 0. The minimum Gasteiger partial charge on any atom is -0.366 e. The third-order valence-electron chi connectivity index (χ3n) is 3.82. The van der Waals surface area contributed by atoms with Gasteiger partial charge in [0.25, 0.3) is 0 Å². The molecule has 0 amide bonds. The van der Waals surface area contributed by atoms with Gasteiger partial charge in [0.1, 0.15) is 4.90 Å². The number of hydrogen-bond donors (Lipinski definition) is 2. The number of rotatable bonds is 7. The highest BCUT2D eigenvalue weighted by Gasteiger charge is 2.26. The Labute approximate surface area is 127 Å². The fourth-order valence-corrected chi connectivity index (χ4v) is 4.11. The van der Waals surface area contributed by atoms with Gasteiger partial charge in [-0.05, 0) is 38.4 Å². The Kier molecular flexibility index (Phi) is 5.61. The number of para-hydroxylation sites is 1. The monoisotopic (exact) mass is 311 g/mol. The predicted molar refractivity (Wildman–Crippen MR) is 86.2 cm³/mol. The topological polar surface area (TPSA) is 61.4 Å². The van der Waals surface area contributed by atoms with Crippen molar-refractivity contribution in [3.63, 3.8) is 0 Å². The highest BCUT2D eigenvalue weighted by Crippen LogP contribution is 2.27.